The first-order chi connectivity index (χ1) is 9.30. The van der Waals surface area contributed by atoms with Crippen LogP contribution in [0.2, 0.25) is 0 Å². The van der Waals surface area contributed by atoms with Gasteiger partial charge < -0.3 is 14.4 Å². The molecule has 0 saturated carbocycles. The molecule has 0 amide bonds. The van der Waals surface area contributed by atoms with Crippen LogP contribution in [0.3, 0.4) is 0 Å². The second-order valence-electron chi connectivity index (χ2n) is 6.95. The maximum absolute atomic E-state index is 10.0. The minimum absolute atomic E-state index is 0.312. The van der Waals surface area contributed by atoms with Crippen LogP contribution in [0.4, 0.5) is 0 Å². The highest BCUT2D eigenvalue weighted by atomic mass is 16.7. The molecular formula is C16H23BO3. The van der Waals surface area contributed by atoms with Crippen LogP contribution in [0.15, 0.2) is 18.2 Å². The van der Waals surface area contributed by atoms with Gasteiger partial charge in [-0.15, -0.1) is 0 Å². The molecule has 108 valence electrons. The van der Waals surface area contributed by atoms with Crippen molar-refractivity contribution in [1.29, 1.82) is 0 Å². The lowest BCUT2D eigenvalue weighted by molar-refractivity contribution is 0.00578. The summed E-state index contributed by atoms with van der Waals surface area (Å²) >= 11 is 0. The lowest BCUT2D eigenvalue weighted by Crippen LogP contribution is -2.41. The van der Waals surface area contributed by atoms with Crippen molar-refractivity contribution in [3.8, 4) is 0 Å². The van der Waals surface area contributed by atoms with Crippen LogP contribution in [0.5, 0.6) is 0 Å². The first-order valence-corrected chi connectivity index (χ1v) is 7.47. The third-order valence-corrected chi connectivity index (χ3v) is 4.98. The fourth-order valence-electron chi connectivity index (χ4n) is 2.93. The standard InChI is InChI=1S/C16H23BO3/c1-15(2)16(3,4)20-17(19-15)12-8-9-13-11(10-12)6-5-7-14(13)18/h8-10,14,18H,5-7H2,1-4H3. The van der Waals surface area contributed by atoms with Crippen LogP contribution in [0.1, 0.15) is 57.8 Å². The number of fused-ring (bicyclic) bond motifs is 1. The topological polar surface area (TPSA) is 38.7 Å². The van der Waals surface area contributed by atoms with Gasteiger partial charge in [0.05, 0.1) is 17.3 Å². The Morgan fingerprint density at radius 1 is 1.15 bits per heavy atom. The summed E-state index contributed by atoms with van der Waals surface area (Å²) in [5.41, 5.74) is 2.73. The van der Waals surface area contributed by atoms with Gasteiger partial charge in [-0.3, -0.25) is 0 Å². The third-order valence-electron chi connectivity index (χ3n) is 4.98. The number of hydrogen-bond donors (Lipinski definition) is 1. The van der Waals surface area contributed by atoms with Crippen LogP contribution in [0, 0.1) is 0 Å². The molecule has 0 spiro atoms. The molecule has 1 heterocycles. The number of aliphatic hydroxyl groups excluding tert-OH is 1. The molecule has 1 fully saturated rings. The van der Waals surface area contributed by atoms with E-state index in [1.165, 1.54) is 5.56 Å². The van der Waals surface area contributed by atoms with E-state index in [9.17, 15) is 5.11 Å². The summed E-state index contributed by atoms with van der Waals surface area (Å²) in [7, 11) is -0.315. The molecule has 1 aliphatic carbocycles. The lowest BCUT2D eigenvalue weighted by atomic mass is 9.75. The smallest absolute Gasteiger partial charge is 0.399 e. The van der Waals surface area contributed by atoms with E-state index in [2.05, 4.69) is 33.8 Å². The van der Waals surface area contributed by atoms with Gasteiger partial charge in [-0.25, -0.2) is 0 Å². The van der Waals surface area contributed by atoms with Gasteiger partial charge in [0.2, 0.25) is 0 Å². The van der Waals surface area contributed by atoms with Crippen molar-refractivity contribution in [3.05, 3.63) is 29.3 Å². The molecule has 1 aliphatic heterocycles. The van der Waals surface area contributed by atoms with E-state index in [0.29, 0.717) is 0 Å². The van der Waals surface area contributed by atoms with Gasteiger partial charge in [0.15, 0.2) is 0 Å². The van der Waals surface area contributed by atoms with Crippen molar-refractivity contribution in [2.45, 2.75) is 64.3 Å². The highest BCUT2D eigenvalue weighted by molar-refractivity contribution is 6.62. The molecule has 1 aromatic carbocycles. The zero-order valence-corrected chi connectivity index (χ0v) is 12.8. The third kappa shape index (κ3) is 2.20. The van der Waals surface area contributed by atoms with Crippen LogP contribution in [-0.4, -0.2) is 23.4 Å². The monoisotopic (exact) mass is 274 g/mol. The van der Waals surface area contributed by atoms with Crippen LogP contribution >= 0.6 is 0 Å². The molecule has 1 N–H and O–H groups in total. The maximum atomic E-state index is 10.0. The first kappa shape index (κ1) is 14.1. The van der Waals surface area contributed by atoms with Crippen molar-refractivity contribution < 1.29 is 14.4 Å². The van der Waals surface area contributed by atoms with E-state index >= 15 is 0 Å². The lowest BCUT2D eigenvalue weighted by Gasteiger charge is -2.32. The number of rotatable bonds is 1. The van der Waals surface area contributed by atoms with Gasteiger partial charge in [-0.2, -0.15) is 0 Å². The Bertz CT molecular complexity index is 508. The second-order valence-corrected chi connectivity index (χ2v) is 6.95. The fourth-order valence-corrected chi connectivity index (χ4v) is 2.93. The van der Waals surface area contributed by atoms with Gasteiger partial charge >= 0.3 is 7.12 Å². The highest BCUT2D eigenvalue weighted by Gasteiger charge is 2.51. The molecule has 1 atom stereocenters. The van der Waals surface area contributed by atoms with Gasteiger partial charge in [0.25, 0.3) is 0 Å². The molecule has 3 rings (SSSR count). The molecule has 0 bridgehead atoms. The summed E-state index contributed by atoms with van der Waals surface area (Å²) in [4.78, 5) is 0. The van der Waals surface area contributed by atoms with Crippen molar-refractivity contribution in [2.24, 2.45) is 0 Å². The van der Waals surface area contributed by atoms with Crippen molar-refractivity contribution >= 4 is 12.6 Å². The molecule has 0 radical (unpaired) electrons. The highest BCUT2D eigenvalue weighted by Crippen LogP contribution is 2.37. The summed E-state index contributed by atoms with van der Waals surface area (Å²) in [6, 6.07) is 6.19. The van der Waals surface area contributed by atoms with Crippen molar-refractivity contribution in [1.82, 2.24) is 0 Å². The predicted octanol–water partition coefficient (Wildman–Crippen LogP) is 2.36. The molecule has 2 aliphatic rings. The zero-order chi connectivity index (χ0) is 14.5. The van der Waals surface area contributed by atoms with Gasteiger partial charge in [-0.05, 0) is 63.5 Å². The number of benzene rings is 1. The van der Waals surface area contributed by atoms with Gasteiger partial charge in [0, 0.05) is 0 Å². The Hall–Kier alpha value is -0.835. The Morgan fingerprint density at radius 2 is 1.80 bits per heavy atom. The van der Waals surface area contributed by atoms with Crippen LogP contribution < -0.4 is 5.46 Å². The average molecular weight is 274 g/mol. The zero-order valence-electron chi connectivity index (χ0n) is 12.8. The quantitative estimate of drug-likeness (QED) is 0.799. The SMILES string of the molecule is CC1(C)OB(c2ccc3c(c2)CCCC3O)OC1(C)C. The minimum Gasteiger partial charge on any atom is -0.399 e. The molecule has 4 heteroatoms. The molecule has 1 aromatic rings. The Balaban J connectivity index is 1.90. The number of aryl methyl sites for hydroxylation is 1. The summed E-state index contributed by atoms with van der Waals surface area (Å²) in [6.07, 6.45) is 2.62. The summed E-state index contributed by atoms with van der Waals surface area (Å²) in [5.74, 6) is 0. The van der Waals surface area contributed by atoms with E-state index in [4.69, 9.17) is 9.31 Å². The molecular weight excluding hydrogens is 251 g/mol. The largest absolute Gasteiger partial charge is 0.494 e. The molecule has 3 nitrogen and oxygen atoms in total. The van der Waals surface area contributed by atoms with Crippen molar-refractivity contribution in [3.63, 3.8) is 0 Å². The first-order valence-electron chi connectivity index (χ1n) is 7.47. The Kier molecular flexibility index (Phi) is 3.24. The van der Waals surface area contributed by atoms with Crippen LogP contribution in [0.25, 0.3) is 0 Å². The number of aliphatic hydroxyl groups is 1. The normalized spacial score (nSPS) is 27.4. The molecule has 1 saturated heterocycles. The molecule has 1 unspecified atom stereocenters. The summed E-state index contributed by atoms with van der Waals surface area (Å²) in [6.45, 7) is 8.26. The Morgan fingerprint density at radius 3 is 2.45 bits per heavy atom. The van der Waals surface area contributed by atoms with E-state index < -0.39 is 0 Å². The van der Waals surface area contributed by atoms with Gasteiger partial charge in [0.1, 0.15) is 0 Å². The molecule has 20 heavy (non-hydrogen) atoms. The van der Waals surface area contributed by atoms with Crippen molar-refractivity contribution in [2.75, 3.05) is 0 Å². The predicted molar refractivity (Wildman–Crippen MR) is 80.1 cm³/mol. The molecule has 0 aromatic heterocycles. The van der Waals surface area contributed by atoms with E-state index in [1.54, 1.807) is 0 Å². The Labute approximate surface area is 121 Å². The van der Waals surface area contributed by atoms with E-state index in [1.807, 2.05) is 12.1 Å². The number of hydrogen-bond acceptors (Lipinski definition) is 3. The summed E-state index contributed by atoms with van der Waals surface area (Å²) < 4.78 is 12.2. The maximum Gasteiger partial charge on any atom is 0.494 e. The van der Waals surface area contributed by atoms with Crippen LogP contribution in [-0.2, 0) is 15.7 Å². The minimum atomic E-state index is -0.315. The fraction of sp³-hybridized carbons (Fsp3) is 0.625. The average Bonchev–Trinajstić information content (AvgIpc) is 2.58. The van der Waals surface area contributed by atoms with E-state index in [-0.39, 0.29) is 24.4 Å². The second kappa shape index (κ2) is 4.59. The van der Waals surface area contributed by atoms with E-state index in [0.717, 1.165) is 30.3 Å². The summed E-state index contributed by atoms with van der Waals surface area (Å²) in [5, 5.41) is 10.0. The van der Waals surface area contributed by atoms with Gasteiger partial charge in [-0.1, -0.05) is 18.2 Å².